The minimum absolute atomic E-state index is 0.0378. The molecule has 0 radical (unpaired) electrons. The fourth-order valence-corrected chi connectivity index (χ4v) is 3.72. The van der Waals surface area contributed by atoms with Crippen molar-refractivity contribution >= 4 is 21.6 Å². The third-order valence-corrected chi connectivity index (χ3v) is 5.50. The molecule has 2 aromatic carbocycles. The summed E-state index contributed by atoms with van der Waals surface area (Å²) in [5.41, 5.74) is -0.494. The first kappa shape index (κ1) is 22.9. The smallest absolute Gasteiger partial charge is 0.325 e. The van der Waals surface area contributed by atoms with Crippen molar-refractivity contribution in [1.82, 2.24) is 4.72 Å². The van der Waals surface area contributed by atoms with Crippen LogP contribution in [-0.4, -0.2) is 20.9 Å². The molecular formula is C20H23F3N2O3S. The highest BCUT2D eigenvalue weighted by molar-refractivity contribution is 7.89. The lowest BCUT2D eigenvalue weighted by Gasteiger charge is -2.13. The predicted molar refractivity (Wildman–Crippen MR) is 105 cm³/mol. The maximum atomic E-state index is 13.0. The van der Waals surface area contributed by atoms with Gasteiger partial charge in [-0.2, -0.15) is 13.2 Å². The zero-order valence-corrected chi connectivity index (χ0v) is 16.9. The standard InChI is InChI=1S/C20H23F3N2O3S/c1-14(2)13-24-29(27,28)16-10-7-15(8-11-16)9-12-19(26)25-18-6-4-3-5-17(18)20(21,22)23/h3-8,10-11,14,24H,9,12-13H2,1-2H3,(H,25,26). The van der Waals surface area contributed by atoms with Crippen LogP contribution in [-0.2, 0) is 27.4 Å². The first-order valence-electron chi connectivity index (χ1n) is 9.03. The molecule has 29 heavy (non-hydrogen) atoms. The van der Waals surface area contributed by atoms with Crippen molar-refractivity contribution < 1.29 is 26.4 Å². The van der Waals surface area contributed by atoms with E-state index in [4.69, 9.17) is 0 Å². The average Bonchev–Trinajstić information content (AvgIpc) is 2.65. The normalized spacial score (nSPS) is 12.2. The quantitative estimate of drug-likeness (QED) is 0.661. The van der Waals surface area contributed by atoms with Crippen LogP contribution in [0, 0.1) is 5.92 Å². The number of rotatable bonds is 8. The zero-order chi connectivity index (χ0) is 21.7. The van der Waals surface area contributed by atoms with Crippen molar-refractivity contribution in [2.45, 2.75) is 37.8 Å². The van der Waals surface area contributed by atoms with Gasteiger partial charge in [-0.3, -0.25) is 4.79 Å². The number of anilines is 1. The van der Waals surface area contributed by atoms with Crippen LogP contribution in [0.15, 0.2) is 53.4 Å². The number of carbonyl (C=O) groups is 1. The van der Waals surface area contributed by atoms with Gasteiger partial charge < -0.3 is 5.32 Å². The number of hydrogen-bond acceptors (Lipinski definition) is 3. The fraction of sp³-hybridized carbons (Fsp3) is 0.350. The summed E-state index contributed by atoms with van der Waals surface area (Å²) in [6.07, 6.45) is -4.33. The van der Waals surface area contributed by atoms with E-state index >= 15 is 0 Å². The number of sulfonamides is 1. The summed E-state index contributed by atoms with van der Waals surface area (Å²) in [5.74, 6) is -0.387. The molecule has 0 heterocycles. The number of amides is 1. The molecule has 2 N–H and O–H groups in total. The highest BCUT2D eigenvalue weighted by Crippen LogP contribution is 2.34. The summed E-state index contributed by atoms with van der Waals surface area (Å²) in [6, 6.07) is 10.8. The Morgan fingerprint density at radius 1 is 1.03 bits per heavy atom. The second kappa shape index (κ2) is 9.41. The molecule has 0 unspecified atom stereocenters. The minimum atomic E-state index is -4.56. The largest absolute Gasteiger partial charge is 0.418 e. The van der Waals surface area contributed by atoms with E-state index in [0.29, 0.717) is 12.1 Å². The van der Waals surface area contributed by atoms with E-state index in [-0.39, 0.29) is 29.3 Å². The van der Waals surface area contributed by atoms with Crippen LogP contribution in [0.1, 0.15) is 31.4 Å². The Bertz CT molecular complexity index is 940. The number of alkyl halides is 3. The molecule has 0 fully saturated rings. The Balaban J connectivity index is 1.96. The summed E-state index contributed by atoms with van der Waals surface area (Å²) in [5, 5.41) is 2.29. The SMILES string of the molecule is CC(C)CNS(=O)(=O)c1ccc(CCC(=O)Nc2ccccc2C(F)(F)F)cc1. The third-order valence-electron chi connectivity index (χ3n) is 4.06. The van der Waals surface area contributed by atoms with E-state index in [1.54, 1.807) is 12.1 Å². The van der Waals surface area contributed by atoms with Gasteiger partial charge in [0.2, 0.25) is 15.9 Å². The van der Waals surface area contributed by atoms with Gasteiger partial charge in [-0.15, -0.1) is 0 Å². The van der Waals surface area contributed by atoms with Gasteiger partial charge in [-0.05, 0) is 42.2 Å². The predicted octanol–water partition coefficient (Wildman–Crippen LogP) is 4.21. The molecule has 0 atom stereocenters. The molecule has 158 valence electrons. The van der Waals surface area contributed by atoms with E-state index in [0.717, 1.165) is 6.07 Å². The lowest BCUT2D eigenvalue weighted by Crippen LogP contribution is -2.27. The molecule has 0 aliphatic carbocycles. The Morgan fingerprint density at radius 3 is 2.24 bits per heavy atom. The number of aryl methyl sites for hydroxylation is 1. The summed E-state index contributed by atoms with van der Waals surface area (Å²) in [4.78, 5) is 12.2. The van der Waals surface area contributed by atoms with Crippen molar-refractivity contribution in [3.8, 4) is 0 Å². The van der Waals surface area contributed by atoms with Gasteiger partial charge >= 0.3 is 6.18 Å². The van der Waals surface area contributed by atoms with E-state index in [2.05, 4.69) is 10.0 Å². The van der Waals surface area contributed by atoms with Crippen LogP contribution < -0.4 is 10.0 Å². The molecule has 0 spiro atoms. The zero-order valence-electron chi connectivity index (χ0n) is 16.1. The molecule has 9 heteroatoms. The van der Waals surface area contributed by atoms with Gasteiger partial charge in [-0.25, -0.2) is 13.1 Å². The Hall–Kier alpha value is -2.39. The van der Waals surface area contributed by atoms with Gasteiger partial charge in [0.25, 0.3) is 0 Å². The number of halogens is 3. The number of benzene rings is 2. The van der Waals surface area contributed by atoms with E-state index in [1.165, 1.54) is 30.3 Å². The van der Waals surface area contributed by atoms with Crippen LogP contribution in [0.25, 0.3) is 0 Å². The summed E-state index contributed by atoms with van der Waals surface area (Å²) in [6.45, 7) is 4.11. The van der Waals surface area contributed by atoms with Crippen LogP contribution in [0.2, 0.25) is 0 Å². The molecule has 1 amide bonds. The number of para-hydroxylation sites is 1. The molecule has 0 aliphatic heterocycles. The maximum Gasteiger partial charge on any atom is 0.418 e. The minimum Gasteiger partial charge on any atom is -0.325 e. The van der Waals surface area contributed by atoms with Gasteiger partial charge in [0, 0.05) is 13.0 Å². The number of hydrogen-bond donors (Lipinski definition) is 2. The molecular weight excluding hydrogens is 405 g/mol. The lowest BCUT2D eigenvalue weighted by molar-refractivity contribution is -0.137. The Kier molecular flexibility index (Phi) is 7.43. The van der Waals surface area contributed by atoms with E-state index in [1.807, 2.05) is 13.8 Å². The van der Waals surface area contributed by atoms with Crippen molar-refractivity contribution in [3.05, 3.63) is 59.7 Å². The first-order valence-corrected chi connectivity index (χ1v) is 10.5. The number of carbonyl (C=O) groups excluding carboxylic acids is 1. The maximum absolute atomic E-state index is 13.0. The van der Waals surface area contributed by atoms with Gasteiger partial charge in [0.1, 0.15) is 0 Å². The summed E-state index contributed by atoms with van der Waals surface area (Å²) >= 11 is 0. The van der Waals surface area contributed by atoms with Gasteiger partial charge in [-0.1, -0.05) is 38.1 Å². The fourth-order valence-electron chi connectivity index (χ4n) is 2.50. The third kappa shape index (κ3) is 6.86. The topological polar surface area (TPSA) is 75.3 Å². The lowest BCUT2D eigenvalue weighted by atomic mass is 10.1. The van der Waals surface area contributed by atoms with E-state index < -0.39 is 27.7 Å². The molecule has 0 saturated heterocycles. The second-order valence-electron chi connectivity index (χ2n) is 6.98. The summed E-state index contributed by atoms with van der Waals surface area (Å²) in [7, 11) is -3.60. The second-order valence-corrected chi connectivity index (χ2v) is 8.75. The van der Waals surface area contributed by atoms with Crippen molar-refractivity contribution in [1.29, 1.82) is 0 Å². The van der Waals surface area contributed by atoms with E-state index in [9.17, 15) is 26.4 Å². The van der Waals surface area contributed by atoms with Crippen LogP contribution in [0.3, 0.4) is 0 Å². The molecule has 0 bridgehead atoms. The van der Waals surface area contributed by atoms with Gasteiger partial charge in [0.15, 0.2) is 0 Å². The Labute approximate surface area is 168 Å². The summed E-state index contributed by atoms with van der Waals surface area (Å²) < 4.78 is 65.8. The molecule has 2 rings (SSSR count). The molecule has 5 nitrogen and oxygen atoms in total. The molecule has 2 aromatic rings. The van der Waals surface area contributed by atoms with Gasteiger partial charge in [0.05, 0.1) is 16.1 Å². The highest BCUT2D eigenvalue weighted by Gasteiger charge is 2.33. The Morgan fingerprint density at radius 2 is 1.66 bits per heavy atom. The van der Waals surface area contributed by atoms with Crippen molar-refractivity contribution in [2.75, 3.05) is 11.9 Å². The molecule has 0 aromatic heterocycles. The molecule has 0 saturated carbocycles. The first-order chi connectivity index (χ1) is 13.5. The highest BCUT2D eigenvalue weighted by atomic mass is 32.2. The average molecular weight is 428 g/mol. The number of nitrogens with one attached hydrogen (secondary N) is 2. The van der Waals surface area contributed by atoms with Crippen LogP contribution in [0.4, 0.5) is 18.9 Å². The van der Waals surface area contributed by atoms with Crippen molar-refractivity contribution in [2.24, 2.45) is 5.92 Å². The van der Waals surface area contributed by atoms with Crippen LogP contribution >= 0.6 is 0 Å². The van der Waals surface area contributed by atoms with Crippen molar-refractivity contribution in [3.63, 3.8) is 0 Å². The van der Waals surface area contributed by atoms with Crippen LogP contribution in [0.5, 0.6) is 0 Å². The monoisotopic (exact) mass is 428 g/mol. The molecule has 0 aliphatic rings.